The van der Waals surface area contributed by atoms with Gasteiger partial charge in [0.15, 0.2) is 69.3 Å². The van der Waals surface area contributed by atoms with E-state index in [1.165, 1.54) is 90.2 Å². The Morgan fingerprint density at radius 2 is 0.720 bits per heavy atom. The monoisotopic (exact) mass is 1940 g/mol. The van der Waals surface area contributed by atoms with Crippen LogP contribution in [0.4, 0.5) is 52.7 Å². The second-order valence-electron chi connectivity index (χ2n) is 33.8. The van der Waals surface area contributed by atoms with Crippen LogP contribution in [0, 0.1) is 45.3 Å². The summed E-state index contributed by atoms with van der Waals surface area (Å²) in [6.45, 7) is -3.92. The lowest BCUT2D eigenvalue weighted by Gasteiger charge is -2.11. The molecule has 6 saturated carbocycles. The van der Waals surface area contributed by atoms with Crippen molar-refractivity contribution in [3.8, 4) is 91.4 Å². The molecule has 10 heterocycles. The Bertz CT molecular complexity index is 6170. The number of ether oxygens (including phenoxy) is 2. The minimum atomic E-state index is -3.55. The van der Waals surface area contributed by atoms with E-state index in [0.717, 1.165) is 113 Å². The molecule has 6 fully saturated rings. The minimum Gasteiger partial charge on any atom is -0.428 e. The Kier molecular flexibility index (Phi) is 26.9. The van der Waals surface area contributed by atoms with Crippen LogP contribution >= 0.6 is 69.9 Å². The average Bonchev–Trinajstić information content (AvgIpc) is 1.62. The number of halogens is 16. The van der Waals surface area contributed by atoms with E-state index < -0.39 is 70.6 Å². The van der Waals surface area contributed by atoms with Gasteiger partial charge in [-0.1, -0.05) is 58.5 Å². The third-order valence-electron chi connectivity index (χ3n) is 22.5. The lowest BCUT2D eigenvalue weighted by Crippen LogP contribution is -2.13. The first-order valence-electron chi connectivity index (χ1n) is 41.4. The highest BCUT2D eigenvalue weighted by Gasteiger charge is 2.48. The highest BCUT2D eigenvalue weighted by Crippen LogP contribution is 2.53. The van der Waals surface area contributed by atoms with Crippen LogP contribution < -0.4 is 9.47 Å². The Balaban J connectivity index is 0.000000135. The number of nitriles is 2. The molecule has 0 amide bonds. The molecule has 2 aromatic carbocycles. The van der Waals surface area contributed by atoms with Crippen LogP contribution in [-0.2, 0) is 51.9 Å². The molecule has 26 nitrogen and oxygen atoms in total. The maximum atomic E-state index is 14.3. The molecule has 0 saturated heterocycles. The van der Waals surface area contributed by atoms with Gasteiger partial charge >= 0.3 is 13.2 Å². The van der Waals surface area contributed by atoms with Crippen molar-refractivity contribution >= 4 is 93.1 Å². The van der Waals surface area contributed by atoms with Crippen LogP contribution in [0.25, 0.3) is 67.8 Å². The Morgan fingerprint density at radius 1 is 0.424 bits per heavy atom. The van der Waals surface area contributed by atoms with E-state index >= 15 is 0 Å². The number of alkyl halides is 12. The number of Topliss-reactive ketones (excluding diaryl/α,β-unsaturated/α-hetero) is 4. The van der Waals surface area contributed by atoms with Crippen LogP contribution in [0.5, 0.6) is 11.5 Å². The molecule has 132 heavy (non-hydrogen) atoms. The molecule has 0 N–H and O–H groups in total. The fraction of sp³-hybridized carbons (Fsp3) is 0.409. The fourth-order valence-electron chi connectivity index (χ4n) is 14.4. The maximum Gasteiger partial charge on any atom is 0.387 e. The molecule has 0 spiro atoms. The van der Waals surface area contributed by atoms with E-state index in [4.69, 9.17) is 46.4 Å². The zero-order valence-electron chi connectivity index (χ0n) is 71.4. The number of carbonyl (C=O) groups excluding carboxylic acids is 4. The normalized spacial score (nSPS) is 15.6. The van der Waals surface area contributed by atoms with Gasteiger partial charge in [-0.2, -0.15) is 104 Å². The summed E-state index contributed by atoms with van der Waals surface area (Å²) in [5.41, 5.74) is 2.48. The summed E-state index contributed by atoms with van der Waals surface area (Å²) in [4.78, 5) is 59.7. The van der Waals surface area contributed by atoms with Gasteiger partial charge in [-0.15, -0.1) is 23.5 Å². The number of hydrogen-bond acceptors (Lipinski definition) is 20. The maximum absolute atomic E-state index is 14.3. The molecule has 12 aromatic rings. The molecule has 0 atom stereocenters. The molecule has 0 radical (unpaired) electrons. The lowest BCUT2D eigenvalue weighted by atomic mass is 9.95. The lowest BCUT2D eigenvalue weighted by molar-refractivity contribution is -0.0575. The fourth-order valence-corrected chi connectivity index (χ4v) is 18.0. The highest BCUT2D eigenvalue weighted by atomic mass is 35.5. The van der Waals surface area contributed by atoms with Crippen molar-refractivity contribution in [1.29, 1.82) is 10.5 Å². The molecule has 10 aromatic heterocycles. The van der Waals surface area contributed by atoms with Crippen molar-refractivity contribution < 1.29 is 81.3 Å². The van der Waals surface area contributed by atoms with E-state index in [9.17, 15) is 82.4 Å². The van der Waals surface area contributed by atoms with Gasteiger partial charge in [0, 0.05) is 174 Å². The number of benzene rings is 2. The van der Waals surface area contributed by atoms with E-state index in [1.807, 2.05) is 6.07 Å². The number of aryl methyl sites for hydroxylation is 4. The van der Waals surface area contributed by atoms with Gasteiger partial charge in [-0.3, -0.25) is 19.2 Å². The molecule has 692 valence electrons. The van der Waals surface area contributed by atoms with Crippen LogP contribution in [0.2, 0.25) is 20.4 Å². The Hall–Kier alpha value is -11.3. The molecule has 18 rings (SSSR count). The van der Waals surface area contributed by atoms with E-state index in [-0.39, 0.29) is 80.4 Å². The zero-order chi connectivity index (χ0) is 94.9. The number of ketones is 4. The minimum absolute atomic E-state index is 0.0188. The van der Waals surface area contributed by atoms with Crippen LogP contribution in [0.15, 0.2) is 120 Å². The van der Waals surface area contributed by atoms with Crippen LogP contribution in [0.1, 0.15) is 195 Å². The molecule has 0 unspecified atom stereocenters. The van der Waals surface area contributed by atoms with Gasteiger partial charge in [-0.05, 0) is 136 Å². The summed E-state index contributed by atoms with van der Waals surface area (Å²) < 4.78 is 183. The summed E-state index contributed by atoms with van der Waals surface area (Å²) in [5.74, 6) is -13.9. The zero-order valence-corrected chi connectivity index (χ0v) is 76.1. The van der Waals surface area contributed by atoms with Gasteiger partial charge < -0.3 is 9.47 Å². The standard InChI is InChI=1S/C24H22ClF2N5OS.C23H23ClF2N4OS.C21H17ClF4N6O2.C20H18ClF4N5O2/c1-23(26,27)21-20(34-16-4-5-16)22(31(2)30-21)32-12-15(11-29-32)14-3-6-18(25)17(9-14)19(33)10-24(13-28)7-8-24;1-23(25,26)21-20(32-16-6-7-16)22(29(2)28-21)30-12-15(11-27-30)14-5-8-18(24)17(10-14)19(31)9-13-3-4-13;1-20(25,26)16-15(34-19(23)24)18(31(2)30-16)32-9-12(8-29-32)11-5-13(17(22)28-7-11)14(33)6-21(10-27)3-4-21;1-20(24,25)16-15(32-19(22)23)18(29(2)28-16)30-9-12(8-27-30)11-6-13(17(21)26-7-11)14(31)5-10-3-4-10/h3,6,9,11-12,16H,4-5,7-8,10H2,1-2H3;5,8,10-13,16H,3-4,6-7,9H2,1-2H3;5,7-9,19H,3-4,6H2,1-2H3;6-10,19H,3-5H2,1-2H3. The predicted octanol–water partition coefficient (Wildman–Crippen LogP) is 22.4. The SMILES string of the molecule is Cn1nc(C(C)(F)F)c(OC(F)F)c1-n1cc(-c2cnc(Cl)c(C(=O)CC3(C#N)CC3)c2)cn1.Cn1nc(C(C)(F)F)c(OC(F)F)c1-n1cc(-c2cnc(Cl)c(C(=O)CC3CC3)c2)cn1.Cn1nc(C(C)(F)F)c(SC2CC2)c1-n1cc(-c2ccc(Cl)c(C(=O)CC3(C#N)CC3)c2)cn1.Cn1nc(C(C)(F)F)c(SC2CC2)c1-n1cc(-c2ccc(Cl)c(C(=O)CC3CC3)c2)cn1. The first kappa shape index (κ1) is 95.3. The molecule has 44 heteroatoms. The van der Waals surface area contributed by atoms with Crippen molar-refractivity contribution in [1.82, 2.24) is 88.2 Å². The van der Waals surface area contributed by atoms with Gasteiger partial charge in [0.25, 0.3) is 23.7 Å². The van der Waals surface area contributed by atoms with Crippen molar-refractivity contribution in [2.75, 3.05) is 0 Å². The van der Waals surface area contributed by atoms with Crippen molar-refractivity contribution in [3.05, 3.63) is 176 Å². The van der Waals surface area contributed by atoms with E-state index in [0.29, 0.717) is 132 Å². The average molecular weight is 1950 g/mol. The molecule has 0 aliphatic heterocycles. The third kappa shape index (κ3) is 21.8. The summed E-state index contributed by atoms with van der Waals surface area (Å²) in [6.07, 6.45) is 27.1. The van der Waals surface area contributed by atoms with E-state index in [2.05, 4.69) is 72.4 Å². The number of rotatable bonds is 32. The predicted molar refractivity (Wildman–Crippen MR) is 464 cm³/mol. The highest BCUT2D eigenvalue weighted by molar-refractivity contribution is 8.00. The number of thioether (sulfide) groups is 2. The van der Waals surface area contributed by atoms with E-state index in [1.54, 1.807) is 84.6 Å². The molecule has 0 bridgehead atoms. The first-order valence-corrected chi connectivity index (χ1v) is 44.7. The third-order valence-corrected chi connectivity index (χ3v) is 26.6. The number of pyridine rings is 2. The van der Waals surface area contributed by atoms with Crippen molar-refractivity contribution in [2.24, 2.45) is 50.9 Å². The van der Waals surface area contributed by atoms with Gasteiger partial charge in [0.05, 0.1) is 78.7 Å². The smallest absolute Gasteiger partial charge is 0.387 e. The van der Waals surface area contributed by atoms with Crippen LogP contribution in [0.3, 0.4) is 0 Å². The summed E-state index contributed by atoms with van der Waals surface area (Å²) in [6, 6.07) is 18.0. The van der Waals surface area contributed by atoms with Gasteiger partial charge in [-0.25, -0.2) is 47.4 Å². The summed E-state index contributed by atoms with van der Waals surface area (Å²) >= 11 is 27.7. The summed E-state index contributed by atoms with van der Waals surface area (Å²) in [7, 11) is 5.88. The Labute approximate surface area is 774 Å². The van der Waals surface area contributed by atoms with Crippen LogP contribution in [-0.4, -0.2) is 135 Å². The number of aromatic nitrogens is 18. The summed E-state index contributed by atoms with van der Waals surface area (Å²) in [5, 5.41) is 52.6. The van der Waals surface area contributed by atoms with Gasteiger partial charge in [0.1, 0.15) is 21.7 Å². The molecular formula is C88H80Cl4F12N20O6S2. The van der Waals surface area contributed by atoms with Crippen molar-refractivity contribution in [2.45, 2.75) is 188 Å². The Morgan fingerprint density at radius 3 is 1.04 bits per heavy atom. The topological polar surface area (TPSA) is 303 Å². The molecule has 6 aliphatic rings. The number of hydrogen-bond donors (Lipinski definition) is 0. The number of nitrogens with zero attached hydrogens (tertiary/aromatic N) is 20. The van der Waals surface area contributed by atoms with Crippen molar-refractivity contribution in [3.63, 3.8) is 0 Å². The quantitative estimate of drug-likeness (QED) is 0.0215. The first-order chi connectivity index (χ1) is 62.3. The largest absolute Gasteiger partial charge is 0.428 e. The second-order valence-corrected chi connectivity index (χ2v) is 37.9. The molecular weight excluding hydrogens is 1870 g/mol. The van der Waals surface area contributed by atoms with Gasteiger partial charge in [0.2, 0.25) is 0 Å². The second kappa shape index (κ2) is 37.3. The number of carbonyl (C=O) groups is 4. The molecule has 6 aliphatic carbocycles.